The van der Waals surface area contributed by atoms with Crippen molar-refractivity contribution >= 4 is 29.0 Å². The lowest BCUT2D eigenvalue weighted by molar-refractivity contribution is -0.135. The van der Waals surface area contributed by atoms with Gasteiger partial charge in [0.05, 0.1) is 12.6 Å². The summed E-state index contributed by atoms with van der Waals surface area (Å²) in [6.07, 6.45) is 0.884. The Labute approximate surface area is 228 Å². The fourth-order valence-corrected chi connectivity index (χ4v) is 6.42. The molecule has 1 aromatic heterocycles. The van der Waals surface area contributed by atoms with Crippen molar-refractivity contribution in [2.75, 3.05) is 38.0 Å². The second-order valence-corrected chi connectivity index (χ2v) is 11.6. The van der Waals surface area contributed by atoms with Gasteiger partial charge >= 0.3 is 6.03 Å². The van der Waals surface area contributed by atoms with Crippen molar-refractivity contribution in [3.05, 3.63) is 87.4 Å². The maximum atomic E-state index is 14.1. The standard InChI is InChI=1S/C30H35FN4O2S/c1-20(2)22-7-9-25(10-8-22)32-30(37)35-15-14-33(18-21(35)3)28(36)19-34-13-11-27-26(12-16-38-27)29(34)23-5-4-6-24(31)17-23/h4-10,12,16-17,20-21,29H,11,13-15,18-19H2,1-3H3,(H,32,37)/t21-,29+/m0/s1. The number of thiophene rings is 1. The number of rotatable bonds is 5. The van der Waals surface area contributed by atoms with Crippen LogP contribution in [0.25, 0.3) is 0 Å². The van der Waals surface area contributed by atoms with E-state index in [4.69, 9.17) is 0 Å². The van der Waals surface area contributed by atoms with Crippen molar-refractivity contribution < 1.29 is 14.0 Å². The molecule has 2 aromatic carbocycles. The van der Waals surface area contributed by atoms with E-state index < -0.39 is 0 Å². The number of amides is 3. The molecule has 5 rings (SSSR count). The summed E-state index contributed by atoms with van der Waals surface area (Å²) in [4.78, 5) is 33.6. The van der Waals surface area contributed by atoms with Crippen LogP contribution >= 0.6 is 11.3 Å². The number of nitrogens with one attached hydrogen (secondary N) is 1. The van der Waals surface area contributed by atoms with Crippen LogP contribution in [0.1, 0.15) is 54.3 Å². The highest BCUT2D eigenvalue weighted by Crippen LogP contribution is 2.38. The third kappa shape index (κ3) is 5.61. The number of nitrogens with zero attached hydrogens (tertiary/aromatic N) is 3. The number of carbonyl (C=O) groups excluding carboxylic acids is 2. The smallest absolute Gasteiger partial charge is 0.322 e. The summed E-state index contributed by atoms with van der Waals surface area (Å²) in [5, 5.41) is 5.08. The Morgan fingerprint density at radius 1 is 1.08 bits per heavy atom. The molecule has 2 aliphatic rings. The highest BCUT2D eigenvalue weighted by atomic mass is 32.1. The molecule has 3 amide bonds. The molecule has 0 unspecified atom stereocenters. The van der Waals surface area contributed by atoms with E-state index in [1.54, 1.807) is 28.4 Å². The van der Waals surface area contributed by atoms with E-state index in [2.05, 4.69) is 35.5 Å². The van der Waals surface area contributed by atoms with Gasteiger partial charge in [0.15, 0.2) is 0 Å². The predicted octanol–water partition coefficient (Wildman–Crippen LogP) is 5.72. The van der Waals surface area contributed by atoms with E-state index in [9.17, 15) is 14.0 Å². The second kappa shape index (κ2) is 11.3. The fraction of sp³-hybridized carbons (Fsp3) is 0.400. The van der Waals surface area contributed by atoms with Gasteiger partial charge in [0.25, 0.3) is 0 Å². The average molecular weight is 535 g/mol. The monoisotopic (exact) mass is 534 g/mol. The highest BCUT2D eigenvalue weighted by molar-refractivity contribution is 7.10. The van der Waals surface area contributed by atoms with E-state index in [0.717, 1.165) is 29.8 Å². The molecule has 0 radical (unpaired) electrons. The number of carbonyl (C=O) groups is 2. The van der Waals surface area contributed by atoms with Gasteiger partial charge in [-0.05, 0) is 71.7 Å². The maximum Gasteiger partial charge on any atom is 0.322 e. The van der Waals surface area contributed by atoms with Gasteiger partial charge in [-0.15, -0.1) is 11.3 Å². The lowest BCUT2D eigenvalue weighted by Gasteiger charge is -2.41. The minimum atomic E-state index is -0.268. The largest absolute Gasteiger partial charge is 0.338 e. The molecule has 1 fully saturated rings. The summed E-state index contributed by atoms with van der Waals surface area (Å²) in [5.41, 5.74) is 4.03. The number of fused-ring (bicyclic) bond motifs is 1. The lowest BCUT2D eigenvalue weighted by Crippen LogP contribution is -2.58. The molecular weight excluding hydrogens is 499 g/mol. The Balaban J connectivity index is 1.22. The van der Waals surface area contributed by atoms with Crippen molar-refractivity contribution in [1.29, 1.82) is 0 Å². The number of halogens is 1. The molecule has 3 heterocycles. The van der Waals surface area contributed by atoms with Gasteiger partial charge in [-0.1, -0.05) is 38.1 Å². The first kappa shape index (κ1) is 26.4. The van der Waals surface area contributed by atoms with Crippen molar-refractivity contribution in [3.63, 3.8) is 0 Å². The first-order chi connectivity index (χ1) is 18.3. The second-order valence-electron chi connectivity index (χ2n) is 10.6. The maximum absolute atomic E-state index is 14.1. The molecule has 0 saturated carbocycles. The average Bonchev–Trinajstić information content (AvgIpc) is 3.37. The van der Waals surface area contributed by atoms with Gasteiger partial charge in [-0.25, -0.2) is 9.18 Å². The van der Waals surface area contributed by atoms with E-state index >= 15 is 0 Å². The van der Waals surface area contributed by atoms with Crippen molar-refractivity contribution in [1.82, 2.24) is 14.7 Å². The molecule has 1 N–H and O–H groups in total. The number of urea groups is 1. The van der Waals surface area contributed by atoms with Crippen LogP contribution in [0, 0.1) is 5.82 Å². The summed E-state index contributed by atoms with van der Waals surface area (Å²) in [5.74, 6) is 0.211. The zero-order valence-corrected chi connectivity index (χ0v) is 23.0. The molecule has 6 nitrogen and oxygen atoms in total. The number of piperazine rings is 1. The van der Waals surface area contributed by atoms with E-state index in [-0.39, 0.29) is 36.4 Å². The SMILES string of the molecule is CC(C)c1ccc(NC(=O)N2CCN(C(=O)CN3CCc4sccc4[C@H]3c3cccc(F)c3)C[C@@H]2C)cc1. The first-order valence-electron chi connectivity index (χ1n) is 13.3. The van der Waals surface area contributed by atoms with Crippen LogP contribution in [0.3, 0.4) is 0 Å². The molecule has 2 aliphatic heterocycles. The summed E-state index contributed by atoms with van der Waals surface area (Å²) in [6.45, 7) is 8.72. The molecule has 0 spiro atoms. The van der Waals surface area contributed by atoms with Crippen LogP contribution in [-0.2, 0) is 11.2 Å². The van der Waals surface area contributed by atoms with Gasteiger partial charge in [-0.3, -0.25) is 9.69 Å². The summed E-state index contributed by atoms with van der Waals surface area (Å²) in [7, 11) is 0. The minimum Gasteiger partial charge on any atom is -0.338 e. The van der Waals surface area contributed by atoms with Crippen molar-refractivity contribution in [2.45, 2.75) is 45.2 Å². The molecule has 0 bridgehead atoms. The van der Waals surface area contributed by atoms with Gasteiger partial charge < -0.3 is 15.1 Å². The van der Waals surface area contributed by atoms with E-state index in [1.165, 1.54) is 16.5 Å². The Morgan fingerprint density at radius 3 is 2.58 bits per heavy atom. The van der Waals surface area contributed by atoms with Crippen LogP contribution in [0.4, 0.5) is 14.9 Å². The molecular formula is C30H35FN4O2S. The number of hydrogen-bond donors (Lipinski definition) is 1. The Bertz CT molecular complexity index is 1290. The highest BCUT2D eigenvalue weighted by Gasteiger charge is 2.34. The molecule has 3 aromatic rings. The zero-order valence-electron chi connectivity index (χ0n) is 22.2. The van der Waals surface area contributed by atoms with Gasteiger partial charge in [0.1, 0.15) is 5.82 Å². The molecule has 38 heavy (non-hydrogen) atoms. The van der Waals surface area contributed by atoms with Crippen LogP contribution < -0.4 is 5.32 Å². The zero-order chi connectivity index (χ0) is 26.8. The quantitative estimate of drug-likeness (QED) is 0.455. The van der Waals surface area contributed by atoms with E-state index in [1.807, 2.05) is 42.2 Å². The van der Waals surface area contributed by atoms with Crippen LogP contribution in [0.2, 0.25) is 0 Å². The van der Waals surface area contributed by atoms with E-state index in [0.29, 0.717) is 25.6 Å². The topological polar surface area (TPSA) is 55.9 Å². The molecule has 200 valence electrons. The number of anilines is 1. The number of hydrogen-bond acceptors (Lipinski definition) is 4. The van der Waals surface area contributed by atoms with Crippen LogP contribution in [0.5, 0.6) is 0 Å². The third-order valence-electron chi connectivity index (χ3n) is 7.64. The fourth-order valence-electron chi connectivity index (χ4n) is 5.51. The van der Waals surface area contributed by atoms with Crippen LogP contribution in [-0.4, -0.2) is 65.4 Å². The third-order valence-corrected chi connectivity index (χ3v) is 8.63. The Hall–Kier alpha value is -3.23. The van der Waals surface area contributed by atoms with Crippen molar-refractivity contribution in [2.24, 2.45) is 0 Å². The summed E-state index contributed by atoms with van der Waals surface area (Å²) >= 11 is 1.72. The molecule has 1 saturated heterocycles. The minimum absolute atomic E-state index is 0.0428. The normalized spacial score (nSPS) is 19.9. The Morgan fingerprint density at radius 2 is 1.87 bits per heavy atom. The molecule has 0 aliphatic carbocycles. The Kier molecular flexibility index (Phi) is 7.81. The lowest BCUT2D eigenvalue weighted by atomic mass is 9.93. The van der Waals surface area contributed by atoms with Crippen LogP contribution in [0.15, 0.2) is 60.0 Å². The van der Waals surface area contributed by atoms with Gasteiger partial charge in [-0.2, -0.15) is 0 Å². The van der Waals surface area contributed by atoms with Gasteiger partial charge in [0, 0.05) is 42.8 Å². The first-order valence-corrected chi connectivity index (χ1v) is 14.2. The van der Waals surface area contributed by atoms with Gasteiger partial charge in [0.2, 0.25) is 5.91 Å². The summed E-state index contributed by atoms with van der Waals surface area (Å²) < 4.78 is 14.1. The molecule has 2 atom stereocenters. The summed E-state index contributed by atoms with van der Waals surface area (Å²) in [6, 6.07) is 16.4. The predicted molar refractivity (Wildman–Crippen MR) is 150 cm³/mol. The molecule has 8 heteroatoms. The van der Waals surface area contributed by atoms with Crippen molar-refractivity contribution in [3.8, 4) is 0 Å². The number of benzene rings is 2.